The maximum absolute atomic E-state index is 5.18. The molecular weight excluding hydrogens is 226 g/mol. The third-order valence-electron chi connectivity index (χ3n) is 3.99. The molecule has 1 fully saturated rings. The molecule has 1 aromatic heterocycles. The summed E-state index contributed by atoms with van der Waals surface area (Å²) in [6, 6.07) is 5.37. The first kappa shape index (κ1) is 13.1. The van der Waals surface area contributed by atoms with E-state index in [1.54, 1.807) is 7.11 Å². The van der Waals surface area contributed by atoms with Gasteiger partial charge in [0, 0.05) is 37.1 Å². The van der Waals surface area contributed by atoms with Crippen LogP contribution < -0.4 is 15.0 Å². The molecule has 1 heterocycles. The maximum Gasteiger partial charge on any atom is 0.214 e. The molecule has 0 saturated heterocycles. The van der Waals surface area contributed by atoms with Crippen molar-refractivity contribution in [2.24, 2.45) is 0 Å². The summed E-state index contributed by atoms with van der Waals surface area (Å²) in [5.41, 5.74) is 1.19. The SMILES string of the molecule is CNC1CCC(N(C)c2ccnc(OC)c2)CC1. The molecule has 100 valence electrons. The van der Waals surface area contributed by atoms with Crippen LogP contribution in [0.1, 0.15) is 25.7 Å². The quantitative estimate of drug-likeness (QED) is 0.886. The van der Waals surface area contributed by atoms with E-state index in [2.05, 4.69) is 29.3 Å². The number of hydrogen-bond donors (Lipinski definition) is 1. The monoisotopic (exact) mass is 249 g/mol. The van der Waals surface area contributed by atoms with Crippen LogP contribution in [0.5, 0.6) is 5.88 Å². The third-order valence-corrected chi connectivity index (χ3v) is 3.99. The normalized spacial score (nSPS) is 23.7. The van der Waals surface area contributed by atoms with Gasteiger partial charge in [0.15, 0.2) is 0 Å². The molecule has 1 aromatic rings. The number of anilines is 1. The van der Waals surface area contributed by atoms with Crippen molar-refractivity contribution in [1.29, 1.82) is 0 Å². The predicted molar refractivity (Wildman–Crippen MR) is 74.3 cm³/mol. The van der Waals surface area contributed by atoms with E-state index in [0.29, 0.717) is 18.0 Å². The summed E-state index contributed by atoms with van der Waals surface area (Å²) in [5, 5.41) is 3.37. The van der Waals surface area contributed by atoms with Gasteiger partial charge in [0.25, 0.3) is 0 Å². The largest absolute Gasteiger partial charge is 0.481 e. The Balaban J connectivity index is 2.00. The van der Waals surface area contributed by atoms with Crippen LogP contribution in [-0.2, 0) is 0 Å². The molecule has 2 rings (SSSR count). The smallest absolute Gasteiger partial charge is 0.214 e. The summed E-state index contributed by atoms with van der Waals surface area (Å²) in [6.45, 7) is 0. The van der Waals surface area contributed by atoms with Crippen molar-refractivity contribution in [1.82, 2.24) is 10.3 Å². The molecule has 0 amide bonds. The van der Waals surface area contributed by atoms with Crippen LogP contribution in [0.25, 0.3) is 0 Å². The molecule has 1 saturated carbocycles. The van der Waals surface area contributed by atoms with Gasteiger partial charge in [-0.3, -0.25) is 0 Å². The molecule has 0 bridgehead atoms. The molecule has 0 aliphatic heterocycles. The molecule has 0 aromatic carbocycles. The summed E-state index contributed by atoms with van der Waals surface area (Å²) in [4.78, 5) is 6.51. The van der Waals surface area contributed by atoms with Gasteiger partial charge in [-0.25, -0.2) is 4.98 Å². The first-order valence-corrected chi connectivity index (χ1v) is 6.64. The van der Waals surface area contributed by atoms with Gasteiger partial charge in [-0.15, -0.1) is 0 Å². The summed E-state index contributed by atoms with van der Waals surface area (Å²) in [6.07, 6.45) is 6.81. The zero-order valence-electron chi connectivity index (χ0n) is 11.5. The van der Waals surface area contributed by atoms with Gasteiger partial charge in [0.05, 0.1) is 7.11 Å². The van der Waals surface area contributed by atoms with E-state index in [4.69, 9.17) is 4.74 Å². The molecular formula is C14H23N3O. The van der Waals surface area contributed by atoms with Crippen LogP contribution in [0.2, 0.25) is 0 Å². The van der Waals surface area contributed by atoms with Crippen LogP contribution in [0.4, 0.5) is 5.69 Å². The lowest BCUT2D eigenvalue weighted by Gasteiger charge is -2.36. The van der Waals surface area contributed by atoms with E-state index in [-0.39, 0.29) is 0 Å². The fraction of sp³-hybridized carbons (Fsp3) is 0.643. The van der Waals surface area contributed by atoms with E-state index in [1.807, 2.05) is 18.3 Å². The maximum atomic E-state index is 5.18. The predicted octanol–water partition coefficient (Wildman–Crippen LogP) is 2.06. The van der Waals surface area contributed by atoms with Gasteiger partial charge in [0.1, 0.15) is 0 Å². The molecule has 18 heavy (non-hydrogen) atoms. The van der Waals surface area contributed by atoms with E-state index in [1.165, 1.54) is 31.4 Å². The van der Waals surface area contributed by atoms with E-state index < -0.39 is 0 Å². The summed E-state index contributed by atoms with van der Waals surface area (Å²) >= 11 is 0. The summed E-state index contributed by atoms with van der Waals surface area (Å²) in [7, 11) is 5.88. The summed E-state index contributed by atoms with van der Waals surface area (Å²) in [5.74, 6) is 0.684. The van der Waals surface area contributed by atoms with Crippen molar-refractivity contribution in [3.05, 3.63) is 18.3 Å². The minimum Gasteiger partial charge on any atom is -0.481 e. The fourth-order valence-electron chi connectivity index (χ4n) is 2.69. The van der Waals surface area contributed by atoms with Crippen molar-refractivity contribution in [3.63, 3.8) is 0 Å². The van der Waals surface area contributed by atoms with Crippen molar-refractivity contribution in [3.8, 4) is 5.88 Å². The number of aromatic nitrogens is 1. The van der Waals surface area contributed by atoms with Gasteiger partial charge in [0.2, 0.25) is 5.88 Å². The highest BCUT2D eigenvalue weighted by Gasteiger charge is 2.23. The molecule has 4 nitrogen and oxygen atoms in total. The Hall–Kier alpha value is -1.29. The second-order valence-electron chi connectivity index (χ2n) is 4.96. The number of hydrogen-bond acceptors (Lipinski definition) is 4. The van der Waals surface area contributed by atoms with Crippen LogP contribution in [-0.4, -0.2) is 38.3 Å². The third kappa shape index (κ3) is 2.93. The Morgan fingerprint density at radius 3 is 2.67 bits per heavy atom. The highest BCUT2D eigenvalue weighted by Crippen LogP contribution is 2.27. The van der Waals surface area contributed by atoms with Gasteiger partial charge in [-0.2, -0.15) is 0 Å². The number of rotatable bonds is 4. The average molecular weight is 249 g/mol. The molecule has 0 radical (unpaired) electrons. The Kier molecular flexibility index (Phi) is 4.42. The van der Waals surface area contributed by atoms with Crippen LogP contribution in [0, 0.1) is 0 Å². The van der Waals surface area contributed by atoms with Gasteiger partial charge >= 0.3 is 0 Å². The zero-order valence-corrected chi connectivity index (χ0v) is 11.5. The summed E-state index contributed by atoms with van der Waals surface area (Å²) < 4.78 is 5.18. The standard InChI is InChI=1S/C14H23N3O/c1-15-11-4-6-12(7-5-11)17(2)13-8-9-16-14(10-13)18-3/h8-12,15H,4-7H2,1-3H3. The minimum atomic E-state index is 0.627. The number of methoxy groups -OCH3 is 1. The number of nitrogens with one attached hydrogen (secondary N) is 1. The lowest BCUT2D eigenvalue weighted by molar-refractivity contribution is 0.351. The molecule has 1 N–H and O–H groups in total. The topological polar surface area (TPSA) is 37.4 Å². The van der Waals surface area contributed by atoms with E-state index in [0.717, 1.165) is 0 Å². The van der Waals surface area contributed by atoms with Crippen molar-refractivity contribution in [2.45, 2.75) is 37.8 Å². The Labute approximate surface area is 109 Å². The van der Waals surface area contributed by atoms with Gasteiger partial charge in [-0.05, 0) is 38.8 Å². The molecule has 0 unspecified atom stereocenters. The van der Waals surface area contributed by atoms with Crippen molar-refractivity contribution < 1.29 is 4.74 Å². The minimum absolute atomic E-state index is 0.627. The highest BCUT2D eigenvalue weighted by atomic mass is 16.5. The van der Waals surface area contributed by atoms with Crippen LogP contribution >= 0.6 is 0 Å². The Morgan fingerprint density at radius 1 is 1.33 bits per heavy atom. The van der Waals surface area contributed by atoms with Crippen molar-refractivity contribution >= 4 is 5.69 Å². The molecule has 0 spiro atoms. The second kappa shape index (κ2) is 6.05. The van der Waals surface area contributed by atoms with Gasteiger partial charge < -0.3 is 15.0 Å². The number of pyridine rings is 1. The second-order valence-corrected chi connectivity index (χ2v) is 4.96. The average Bonchev–Trinajstić information content (AvgIpc) is 2.46. The van der Waals surface area contributed by atoms with Crippen LogP contribution in [0.15, 0.2) is 18.3 Å². The lowest BCUT2D eigenvalue weighted by atomic mass is 9.90. The van der Waals surface area contributed by atoms with E-state index in [9.17, 15) is 0 Å². The molecule has 1 aliphatic rings. The van der Waals surface area contributed by atoms with Crippen LogP contribution in [0.3, 0.4) is 0 Å². The number of nitrogens with zero attached hydrogens (tertiary/aromatic N) is 2. The molecule has 0 atom stereocenters. The molecule has 1 aliphatic carbocycles. The lowest BCUT2D eigenvalue weighted by Crippen LogP contribution is -2.39. The molecule has 4 heteroatoms. The first-order valence-electron chi connectivity index (χ1n) is 6.64. The highest BCUT2D eigenvalue weighted by molar-refractivity contribution is 5.48. The van der Waals surface area contributed by atoms with E-state index >= 15 is 0 Å². The Bertz CT molecular complexity index is 375. The van der Waals surface area contributed by atoms with Gasteiger partial charge in [-0.1, -0.05) is 0 Å². The number of ether oxygens (including phenoxy) is 1. The fourth-order valence-corrected chi connectivity index (χ4v) is 2.69. The first-order chi connectivity index (χ1) is 8.74. The van der Waals surface area contributed by atoms with Crippen molar-refractivity contribution in [2.75, 3.05) is 26.1 Å². The Morgan fingerprint density at radius 2 is 2.06 bits per heavy atom. The zero-order chi connectivity index (χ0) is 13.0.